The second-order valence-electron chi connectivity index (χ2n) is 4.96. The van der Waals surface area contributed by atoms with E-state index in [1.807, 2.05) is 17.9 Å². The number of aliphatic carboxylic acids is 1. The fraction of sp³-hybridized carbons (Fsp3) is 0.500. The van der Waals surface area contributed by atoms with E-state index in [1.165, 1.54) is 6.07 Å². The van der Waals surface area contributed by atoms with E-state index in [0.29, 0.717) is 23.9 Å². The average Bonchev–Trinajstić information content (AvgIpc) is 2.78. The standard InChI is InChI=1S/C14H17BrFNO2/c1-2-14(13(18)19)6-3-7-17(14)9-10-4-5-11(15)12(16)8-10/h4-5,8H,2-3,6-7,9H2,1H3,(H,18,19). The summed E-state index contributed by atoms with van der Waals surface area (Å²) >= 11 is 3.12. The van der Waals surface area contributed by atoms with Gasteiger partial charge in [-0.25, -0.2) is 4.39 Å². The summed E-state index contributed by atoms with van der Waals surface area (Å²) in [6.07, 6.45) is 2.11. The van der Waals surface area contributed by atoms with Crippen molar-refractivity contribution in [1.29, 1.82) is 0 Å². The van der Waals surface area contributed by atoms with Crippen LogP contribution >= 0.6 is 15.9 Å². The third kappa shape index (κ3) is 2.67. The van der Waals surface area contributed by atoms with E-state index in [9.17, 15) is 14.3 Å². The van der Waals surface area contributed by atoms with Crippen LogP contribution in [0, 0.1) is 5.82 Å². The first kappa shape index (κ1) is 14.5. The molecule has 1 N–H and O–H groups in total. The predicted molar refractivity (Wildman–Crippen MR) is 74.4 cm³/mol. The quantitative estimate of drug-likeness (QED) is 0.920. The van der Waals surface area contributed by atoms with Crippen LogP contribution in [-0.2, 0) is 11.3 Å². The lowest BCUT2D eigenvalue weighted by Crippen LogP contribution is -2.49. The van der Waals surface area contributed by atoms with Crippen molar-refractivity contribution in [1.82, 2.24) is 4.90 Å². The number of nitrogens with zero attached hydrogens (tertiary/aromatic N) is 1. The van der Waals surface area contributed by atoms with Gasteiger partial charge in [0.15, 0.2) is 0 Å². The zero-order valence-electron chi connectivity index (χ0n) is 10.8. The van der Waals surface area contributed by atoms with Crippen LogP contribution in [0.2, 0.25) is 0 Å². The molecule has 1 atom stereocenters. The van der Waals surface area contributed by atoms with Crippen LogP contribution in [0.4, 0.5) is 4.39 Å². The summed E-state index contributed by atoms with van der Waals surface area (Å²) in [5.41, 5.74) is 0.0190. The number of carboxylic acids is 1. The number of carbonyl (C=O) groups is 1. The van der Waals surface area contributed by atoms with Gasteiger partial charge in [-0.1, -0.05) is 13.0 Å². The van der Waals surface area contributed by atoms with E-state index < -0.39 is 11.5 Å². The van der Waals surface area contributed by atoms with Gasteiger partial charge in [-0.05, 0) is 59.4 Å². The summed E-state index contributed by atoms with van der Waals surface area (Å²) in [5.74, 6) is -1.08. The second-order valence-corrected chi connectivity index (χ2v) is 5.82. The molecule has 19 heavy (non-hydrogen) atoms. The number of hydrogen-bond donors (Lipinski definition) is 1. The average molecular weight is 330 g/mol. The number of halogens is 2. The van der Waals surface area contributed by atoms with E-state index in [0.717, 1.165) is 18.5 Å². The Morgan fingerprint density at radius 3 is 2.89 bits per heavy atom. The molecule has 1 saturated heterocycles. The van der Waals surface area contributed by atoms with Gasteiger partial charge in [-0.3, -0.25) is 9.69 Å². The number of likely N-dealkylation sites (tertiary alicyclic amines) is 1. The highest BCUT2D eigenvalue weighted by Crippen LogP contribution is 2.34. The molecule has 1 heterocycles. The molecule has 0 amide bonds. The maximum absolute atomic E-state index is 13.5. The van der Waals surface area contributed by atoms with Gasteiger partial charge in [-0.15, -0.1) is 0 Å². The summed E-state index contributed by atoms with van der Waals surface area (Å²) in [7, 11) is 0. The molecule has 0 saturated carbocycles. The molecule has 1 aromatic rings. The number of hydrogen-bond acceptors (Lipinski definition) is 2. The van der Waals surface area contributed by atoms with Crippen LogP contribution < -0.4 is 0 Å². The molecule has 0 aromatic heterocycles. The first-order valence-corrected chi connectivity index (χ1v) is 7.21. The van der Waals surface area contributed by atoms with E-state index in [4.69, 9.17) is 0 Å². The highest BCUT2D eigenvalue weighted by molar-refractivity contribution is 9.10. The van der Waals surface area contributed by atoms with Gasteiger partial charge in [0.05, 0.1) is 4.47 Å². The van der Waals surface area contributed by atoms with Crippen molar-refractivity contribution in [3.63, 3.8) is 0 Å². The predicted octanol–water partition coefficient (Wildman–Crippen LogP) is 3.42. The molecule has 1 unspecified atom stereocenters. The molecule has 3 nitrogen and oxygen atoms in total. The Hall–Kier alpha value is -0.940. The lowest BCUT2D eigenvalue weighted by molar-refractivity contribution is -0.150. The van der Waals surface area contributed by atoms with Gasteiger partial charge in [0.2, 0.25) is 0 Å². The van der Waals surface area contributed by atoms with Crippen LogP contribution in [0.1, 0.15) is 31.7 Å². The fourth-order valence-electron chi connectivity index (χ4n) is 2.82. The molecule has 1 aliphatic rings. The third-order valence-corrected chi connectivity index (χ3v) is 4.61. The highest BCUT2D eigenvalue weighted by Gasteiger charge is 2.45. The highest BCUT2D eigenvalue weighted by atomic mass is 79.9. The molecule has 1 aromatic carbocycles. The Labute approximate surface area is 120 Å². The van der Waals surface area contributed by atoms with Gasteiger partial charge in [-0.2, -0.15) is 0 Å². The van der Waals surface area contributed by atoms with E-state index in [-0.39, 0.29) is 5.82 Å². The van der Waals surface area contributed by atoms with Crippen molar-refractivity contribution in [2.75, 3.05) is 6.54 Å². The van der Waals surface area contributed by atoms with Gasteiger partial charge in [0.1, 0.15) is 11.4 Å². The number of benzene rings is 1. The monoisotopic (exact) mass is 329 g/mol. The lowest BCUT2D eigenvalue weighted by Gasteiger charge is -2.33. The van der Waals surface area contributed by atoms with Crippen molar-refractivity contribution in [2.45, 2.75) is 38.3 Å². The normalized spacial score (nSPS) is 23.7. The van der Waals surface area contributed by atoms with Crippen LogP contribution in [0.25, 0.3) is 0 Å². The molecule has 0 radical (unpaired) electrons. The molecule has 5 heteroatoms. The first-order valence-electron chi connectivity index (χ1n) is 6.42. The maximum atomic E-state index is 13.5. The maximum Gasteiger partial charge on any atom is 0.324 e. The van der Waals surface area contributed by atoms with Crippen LogP contribution in [-0.4, -0.2) is 28.1 Å². The summed E-state index contributed by atoms with van der Waals surface area (Å²) in [5, 5.41) is 9.49. The first-order chi connectivity index (χ1) is 8.99. The van der Waals surface area contributed by atoms with E-state index in [1.54, 1.807) is 6.07 Å². The Balaban J connectivity index is 2.21. The van der Waals surface area contributed by atoms with Crippen molar-refractivity contribution in [3.8, 4) is 0 Å². The molecular weight excluding hydrogens is 313 g/mol. The van der Waals surface area contributed by atoms with Gasteiger partial charge >= 0.3 is 5.97 Å². The van der Waals surface area contributed by atoms with Gasteiger partial charge in [0.25, 0.3) is 0 Å². The molecule has 0 spiro atoms. The van der Waals surface area contributed by atoms with Gasteiger partial charge < -0.3 is 5.11 Å². The van der Waals surface area contributed by atoms with Crippen molar-refractivity contribution >= 4 is 21.9 Å². The smallest absolute Gasteiger partial charge is 0.324 e. The van der Waals surface area contributed by atoms with Gasteiger partial charge in [0, 0.05) is 6.54 Å². The van der Waals surface area contributed by atoms with E-state index >= 15 is 0 Å². The summed E-state index contributed by atoms with van der Waals surface area (Å²) in [6, 6.07) is 4.95. The number of carboxylic acid groups (broad SMARTS) is 1. The van der Waals surface area contributed by atoms with Crippen molar-refractivity contribution < 1.29 is 14.3 Å². The minimum atomic E-state index is -0.788. The topological polar surface area (TPSA) is 40.5 Å². The van der Waals surface area contributed by atoms with Crippen molar-refractivity contribution in [3.05, 3.63) is 34.1 Å². The Morgan fingerprint density at radius 2 is 2.32 bits per heavy atom. The van der Waals surface area contributed by atoms with Crippen molar-refractivity contribution in [2.24, 2.45) is 0 Å². The Bertz CT molecular complexity index is 494. The summed E-state index contributed by atoms with van der Waals surface area (Å²) < 4.78 is 13.9. The van der Waals surface area contributed by atoms with E-state index in [2.05, 4.69) is 15.9 Å². The Morgan fingerprint density at radius 1 is 1.58 bits per heavy atom. The van der Waals surface area contributed by atoms with Crippen LogP contribution in [0.15, 0.2) is 22.7 Å². The molecule has 0 aliphatic carbocycles. The fourth-order valence-corrected chi connectivity index (χ4v) is 3.06. The lowest BCUT2D eigenvalue weighted by atomic mass is 9.92. The van der Waals surface area contributed by atoms with Crippen LogP contribution in [0.3, 0.4) is 0 Å². The molecule has 1 aliphatic heterocycles. The summed E-state index contributed by atoms with van der Waals surface area (Å²) in [6.45, 7) is 3.12. The minimum Gasteiger partial charge on any atom is -0.480 e. The number of rotatable bonds is 4. The van der Waals surface area contributed by atoms with Crippen LogP contribution in [0.5, 0.6) is 0 Å². The molecule has 1 fully saturated rings. The Kier molecular flexibility index (Phi) is 4.26. The molecule has 2 rings (SSSR count). The molecular formula is C14H17BrFNO2. The summed E-state index contributed by atoms with van der Waals surface area (Å²) in [4.78, 5) is 13.5. The zero-order chi connectivity index (χ0) is 14.0. The third-order valence-electron chi connectivity index (χ3n) is 3.96. The zero-order valence-corrected chi connectivity index (χ0v) is 12.4. The minimum absolute atomic E-state index is 0.311. The largest absolute Gasteiger partial charge is 0.480 e. The second kappa shape index (κ2) is 5.59. The SMILES string of the molecule is CCC1(C(=O)O)CCCN1Cc1ccc(Br)c(F)c1. The molecule has 0 bridgehead atoms. The molecule has 104 valence electrons.